The van der Waals surface area contributed by atoms with Crippen LogP contribution in [0.2, 0.25) is 0 Å². The summed E-state index contributed by atoms with van der Waals surface area (Å²) in [5.74, 6) is 0.296. The first-order valence-corrected chi connectivity index (χ1v) is 7.58. The van der Waals surface area contributed by atoms with E-state index in [1.807, 2.05) is 33.2 Å². The normalized spacial score (nSPS) is 28.1. The van der Waals surface area contributed by atoms with Gasteiger partial charge in [-0.05, 0) is 55.1 Å². The lowest BCUT2D eigenvalue weighted by Gasteiger charge is -2.26. The molecule has 0 saturated carbocycles. The Hall–Kier alpha value is -1.17. The van der Waals surface area contributed by atoms with Crippen molar-refractivity contribution in [3.63, 3.8) is 0 Å². The fourth-order valence-electron chi connectivity index (χ4n) is 2.37. The molecule has 0 aromatic heterocycles. The molecule has 0 bridgehead atoms. The van der Waals surface area contributed by atoms with Gasteiger partial charge in [0, 0.05) is 12.6 Å². The zero-order chi connectivity index (χ0) is 14.9. The van der Waals surface area contributed by atoms with Crippen LogP contribution in [-0.2, 0) is 4.74 Å². The van der Waals surface area contributed by atoms with Gasteiger partial charge in [-0.1, -0.05) is 4.68 Å². The molecule has 1 unspecified atom stereocenters. The van der Waals surface area contributed by atoms with Gasteiger partial charge in [0.2, 0.25) is 6.20 Å². The van der Waals surface area contributed by atoms with Crippen molar-refractivity contribution in [3.05, 3.63) is 10.7 Å². The number of amides is 1. The van der Waals surface area contributed by atoms with Crippen LogP contribution in [0.1, 0.15) is 34.1 Å². The molecule has 0 radical (unpaired) electrons. The molecule has 0 spiro atoms. The van der Waals surface area contributed by atoms with E-state index >= 15 is 0 Å². The van der Waals surface area contributed by atoms with Gasteiger partial charge < -0.3 is 9.64 Å². The summed E-state index contributed by atoms with van der Waals surface area (Å²) in [6, 6.07) is 0.185. The largest absolute Gasteiger partial charge is 0.444 e. The van der Waals surface area contributed by atoms with Crippen molar-refractivity contribution in [1.82, 2.24) is 4.90 Å². The fourth-order valence-corrected chi connectivity index (χ4v) is 2.67. The molecule has 0 aliphatic carbocycles. The quantitative estimate of drug-likeness (QED) is 0.687. The summed E-state index contributed by atoms with van der Waals surface area (Å²) in [6.07, 6.45) is 6.39. The summed E-state index contributed by atoms with van der Waals surface area (Å²) in [5.41, 5.74) is -0.453. The van der Waals surface area contributed by atoms with E-state index in [9.17, 15) is 4.79 Å². The number of hydrogen-bond donors (Lipinski definition) is 0. The zero-order valence-electron chi connectivity index (χ0n) is 12.3. The minimum atomic E-state index is -0.453. The van der Waals surface area contributed by atoms with Crippen LogP contribution in [0.5, 0.6) is 0 Å². The first-order valence-electron chi connectivity index (χ1n) is 6.79. The number of halogens is 1. The molecule has 20 heavy (non-hydrogen) atoms. The van der Waals surface area contributed by atoms with E-state index in [-0.39, 0.29) is 12.1 Å². The summed E-state index contributed by atoms with van der Waals surface area (Å²) in [6.45, 7) is 8.38. The molecular formula is C14H21BrN3O2+. The van der Waals surface area contributed by atoms with Crippen LogP contribution in [-0.4, -0.2) is 46.3 Å². The highest BCUT2D eigenvalue weighted by atomic mass is 79.9. The summed E-state index contributed by atoms with van der Waals surface area (Å²) < 4.78 is 8.18. The molecule has 6 heteroatoms. The van der Waals surface area contributed by atoms with Crippen LogP contribution in [0.3, 0.4) is 0 Å². The van der Waals surface area contributed by atoms with Gasteiger partial charge in [0.1, 0.15) is 16.3 Å². The van der Waals surface area contributed by atoms with E-state index in [1.165, 1.54) is 0 Å². The Balaban J connectivity index is 1.99. The monoisotopic (exact) mass is 342 g/mol. The van der Waals surface area contributed by atoms with E-state index in [2.05, 4.69) is 28.0 Å². The number of allylic oxidation sites excluding steroid dienone is 1. The fraction of sp³-hybridized carbons (Fsp3) is 0.643. The molecular weight excluding hydrogens is 322 g/mol. The van der Waals surface area contributed by atoms with Crippen molar-refractivity contribution in [1.29, 1.82) is 0 Å². The van der Waals surface area contributed by atoms with Gasteiger partial charge in [-0.25, -0.2) is 4.79 Å². The lowest BCUT2D eigenvalue weighted by Crippen LogP contribution is -2.38. The molecule has 2 heterocycles. The number of hydrogen-bond acceptors (Lipinski definition) is 3. The third kappa shape index (κ3) is 3.91. The number of hydrazone groups is 1. The standard InChI is InChI=1S/C14H21BrN3O2/c1-10-5-11(7-17-9-12(15)6-16-17)8-18(10)13(19)20-14(2,3)4/h6-7,9-11H,5,8H2,1-4H3/q+1/b17-7+/t10-,11?/m0/s1. The summed E-state index contributed by atoms with van der Waals surface area (Å²) in [4.78, 5) is 13.9. The maximum absolute atomic E-state index is 12.1. The summed E-state index contributed by atoms with van der Waals surface area (Å²) in [5, 5.41) is 4.21. The first-order chi connectivity index (χ1) is 9.24. The Morgan fingerprint density at radius 1 is 1.60 bits per heavy atom. The van der Waals surface area contributed by atoms with Crippen molar-refractivity contribution in [2.75, 3.05) is 6.54 Å². The minimum Gasteiger partial charge on any atom is -0.444 e. The van der Waals surface area contributed by atoms with Gasteiger partial charge in [-0.2, -0.15) is 0 Å². The highest BCUT2D eigenvalue weighted by Crippen LogP contribution is 2.24. The third-order valence-corrected chi connectivity index (χ3v) is 3.58. The number of likely N-dealkylation sites (tertiary alicyclic amines) is 1. The Bertz CT molecular complexity index is 491. The van der Waals surface area contributed by atoms with Crippen molar-refractivity contribution in [2.45, 2.75) is 45.8 Å². The lowest BCUT2D eigenvalue weighted by atomic mass is 10.1. The van der Waals surface area contributed by atoms with E-state index in [1.54, 1.807) is 15.8 Å². The maximum Gasteiger partial charge on any atom is 0.410 e. The Labute approximate surface area is 128 Å². The minimum absolute atomic E-state index is 0.185. The highest BCUT2D eigenvalue weighted by molar-refractivity contribution is 9.12. The molecule has 2 aliphatic rings. The van der Waals surface area contributed by atoms with Gasteiger partial charge in [-0.3, -0.25) is 0 Å². The van der Waals surface area contributed by atoms with Gasteiger partial charge in [0.05, 0.1) is 5.92 Å². The molecule has 0 aromatic carbocycles. The average Bonchev–Trinajstić information content (AvgIpc) is 2.83. The van der Waals surface area contributed by atoms with E-state index in [0.717, 1.165) is 10.9 Å². The summed E-state index contributed by atoms with van der Waals surface area (Å²) in [7, 11) is 0. The van der Waals surface area contributed by atoms with Crippen molar-refractivity contribution in [2.24, 2.45) is 11.0 Å². The maximum atomic E-state index is 12.1. The predicted molar refractivity (Wildman–Crippen MR) is 82.3 cm³/mol. The molecule has 1 amide bonds. The second-order valence-corrected chi connectivity index (χ2v) is 7.18. The van der Waals surface area contributed by atoms with Crippen molar-refractivity contribution < 1.29 is 14.2 Å². The van der Waals surface area contributed by atoms with Crippen molar-refractivity contribution >= 4 is 34.5 Å². The lowest BCUT2D eigenvalue weighted by molar-refractivity contribution is -0.454. The van der Waals surface area contributed by atoms with Crippen LogP contribution in [0, 0.1) is 5.92 Å². The molecule has 1 saturated heterocycles. The van der Waals surface area contributed by atoms with Gasteiger partial charge >= 0.3 is 6.09 Å². The van der Waals surface area contributed by atoms with Gasteiger partial charge in [0.15, 0.2) is 6.21 Å². The van der Waals surface area contributed by atoms with Crippen LogP contribution in [0.4, 0.5) is 4.79 Å². The number of nitrogens with zero attached hydrogens (tertiary/aromatic N) is 3. The number of rotatable bonds is 1. The van der Waals surface area contributed by atoms with E-state index < -0.39 is 5.60 Å². The Morgan fingerprint density at radius 3 is 2.85 bits per heavy atom. The number of carbonyl (C=O) groups is 1. The van der Waals surface area contributed by atoms with Gasteiger partial charge in [0.25, 0.3) is 0 Å². The SMILES string of the molecule is C[C@H]1CC(/C=[N+]2\C=C(Br)C=N2)CN1C(=O)OC(C)(C)C. The zero-order valence-corrected chi connectivity index (χ0v) is 13.9. The Morgan fingerprint density at radius 2 is 2.30 bits per heavy atom. The second-order valence-electron chi connectivity index (χ2n) is 6.27. The highest BCUT2D eigenvalue weighted by Gasteiger charge is 2.36. The van der Waals surface area contributed by atoms with E-state index in [0.29, 0.717) is 12.5 Å². The molecule has 5 nitrogen and oxygen atoms in total. The topological polar surface area (TPSA) is 44.9 Å². The predicted octanol–water partition coefficient (Wildman–Crippen LogP) is 2.95. The smallest absolute Gasteiger partial charge is 0.410 e. The number of carbonyl (C=O) groups excluding carboxylic acids is 1. The molecule has 0 N–H and O–H groups in total. The molecule has 2 atom stereocenters. The van der Waals surface area contributed by atoms with Crippen LogP contribution < -0.4 is 0 Å². The molecule has 2 rings (SSSR count). The van der Waals surface area contributed by atoms with Gasteiger partial charge in [-0.15, -0.1) is 0 Å². The first kappa shape index (κ1) is 15.2. The Kier molecular flexibility index (Phi) is 4.32. The number of ether oxygens (including phenoxy) is 1. The molecule has 1 fully saturated rings. The average molecular weight is 343 g/mol. The summed E-state index contributed by atoms with van der Waals surface area (Å²) >= 11 is 3.37. The van der Waals surface area contributed by atoms with Crippen LogP contribution in [0.15, 0.2) is 15.8 Å². The molecule has 110 valence electrons. The van der Waals surface area contributed by atoms with E-state index in [4.69, 9.17) is 4.74 Å². The molecule has 2 aliphatic heterocycles. The van der Waals surface area contributed by atoms with Crippen LogP contribution in [0.25, 0.3) is 0 Å². The van der Waals surface area contributed by atoms with Crippen molar-refractivity contribution in [3.8, 4) is 0 Å². The second kappa shape index (κ2) is 5.68. The van der Waals surface area contributed by atoms with Crippen LogP contribution >= 0.6 is 15.9 Å². The third-order valence-electron chi connectivity index (χ3n) is 3.17. The molecule has 0 aromatic rings.